The Balaban J connectivity index is 0.00000256. The van der Waals surface area contributed by atoms with Crippen LogP contribution in [0.3, 0.4) is 0 Å². The summed E-state index contributed by atoms with van der Waals surface area (Å²) in [6, 6.07) is 12.2. The van der Waals surface area contributed by atoms with Crippen molar-refractivity contribution < 1.29 is 32.8 Å². The second-order valence-corrected chi connectivity index (χ2v) is 6.15. The number of hydrogen-bond donors (Lipinski definition) is 0. The molecule has 3 heterocycles. The van der Waals surface area contributed by atoms with Crippen LogP contribution in [0.2, 0.25) is 0 Å². The molecular weight excluding hydrogens is 462 g/mol. The van der Waals surface area contributed by atoms with Crippen molar-refractivity contribution in [1.29, 1.82) is 0 Å². The van der Waals surface area contributed by atoms with Gasteiger partial charge in [-0.3, -0.25) is 9.97 Å². The summed E-state index contributed by atoms with van der Waals surface area (Å²) in [6.45, 7) is 3.54. The van der Waals surface area contributed by atoms with Gasteiger partial charge in [0.1, 0.15) is 0 Å². The van der Waals surface area contributed by atoms with Crippen molar-refractivity contribution in [3.8, 4) is 0 Å². The van der Waals surface area contributed by atoms with Gasteiger partial charge in [-0.05, 0) is 50.2 Å². The van der Waals surface area contributed by atoms with Crippen molar-refractivity contribution in [3.05, 3.63) is 89.8 Å². The third-order valence-corrected chi connectivity index (χ3v) is 4.00. The molecule has 0 spiro atoms. The molecule has 3 rings (SSSR count). The van der Waals surface area contributed by atoms with Crippen molar-refractivity contribution in [1.82, 2.24) is 15.0 Å². The molecule has 0 aliphatic heterocycles. The van der Waals surface area contributed by atoms with Gasteiger partial charge in [-0.2, -0.15) is 0 Å². The van der Waals surface area contributed by atoms with E-state index in [1.54, 1.807) is 75.0 Å². The van der Waals surface area contributed by atoms with Gasteiger partial charge >= 0.3 is 28.9 Å². The van der Waals surface area contributed by atoms with Crippen LogP contribution in [0.25, 0.3) is 0 Å². The Labute approximate surface area is 195 Å². The quantitative estimate of drug-likeness (QED) is 0.170. The molecule has 0 bridgehead atoms. The SMILES string of the molecule is CC(=NN=C([OH2+])c1ccncc1)c1cccc(C(C)=NN=C([OH2+])c2ccncc2)n1.[Cu+2].[OH-]. The predicted molar refractivity (Wildman–Crippen MR) is 119 cm³/mol. The summed E-state index contributed by atoms with van der Waals surface area (Å²) in [4.78, 5) is 12.4. The van der Waals surface area contributed by atoms with Gasteiger partial charge in [0, 0.05) is 24.8 Å². The van der Waals surface area contributed by atoms with E-state index in [4.69, 9.17) is 10.2 Å². The molecule has 0 aliphatic rings. The van der Waals surface area contributed by atoms with Gasteiger partial charge in [0.15, 0.2) is 0 Å². The van der Waals surface area contributed by atoms with E-state index in [9.17, 15) is 0 Å². The van der Waals surface area contributed by atoms with Crippen LogP contribution in [-0.4, -0.2) is 53.9 Å². The topological polar surface area (TPSA) is 164 Å². The van der Waals surface area contributed by atoms with Crippen LogP contribution >= 0.6 is 0 Å². The number of pyridine rings is 3. The van der Waals surface area contributed by atoms with E-state index in [0.717, 1.165) is 0 Å². The van der Waals surface area contributed by atoms with Crippen LogP contribution in [0.15, 0.2) is 87.7 Å². The smallest absolute Gasteiger partial charge is 0.870 e. The summed E-state index contributed by atoms with van der Waals surface area (Å²) >= 11 is 0. The Hall–Kier alpha value is -3.79. The molecule has 3 aromatic heterocycles. The molecule has 0 saturated carbocycles. The molecule has 0 saturated heterocycles. The van der Waals surface area contributed by atoms with Crippen LogP contribution in [0.1, 0.15) is 36.4 Å². The molecule has 1 radical (unpaired) electrons. The first-order valence-electron chi connectivity index (χ1n) is 9.01. The van der Waals surface area contributed by atoms with Crippen LogP contribution < -0.4 is 0 Å². The van der Waals surface area contributed by atoms with Gasteiger partial charge in [0.2, 0.25) is 0 Å². The second-order valence-electron chi connectivity index (χ2n) is 6.15. The summed E-state index contributed by atoms with van der Waals surface area (Å²) in [5.74, 6) is 0.0816. The van der Waals surface area contributed by atoms with Crippen LogP contribution in [0.5, 0.6) is 0 Å². The standard InChI is InChI=1S/C21H19N7O2.Cu.H2O/c1-14(25-27-20(29)16-6-10-22-11-7-16)18-4-3-5-19(24-18)15(2)26-28-21(30)17-8-12-23-13-9-17;;/h3-13H,1-2H3,(H,27,29)(H,28,30);;1H2/q;+2;/p+1. The monoisotopic (exact) mass is 483 g/mol. The summed E-state index contributed by atoms with van der Waals surface area (Å²) in [5.41, 5.74) is 3.60. The maximum atomic E-state index is 7.98. The Morgan fingerprint density at radius 1 is 0.656 bits per heavy atom. The van der Waals surface area contributed by atoms with Gasteiger partial charge in [0.05, 0.1) is 33.9 Å². The van der Waals surface area contributed by atoms with Crippen molar-refractivity contribution in [2.75, 3.05) is 0 Å². The summed E-state index contributed by atoms with van der Waals surface area (Å²) < 4.78 is 0. The summed E-state index contributed by atoms with van der Waals surface area (Å²) in [6.07, 6.45) is 6.40. The average Bonchev–Trinajstić information content (AvgIpc) is 2.81. The summed E-state index contributed by atoms with van der Waals surface area (Å²) in [5, 5.41) is 32.1. The fourth-order valence-corrected chi connectivity index (χ4v) is 2.33. The van der Waals surface area contributed by atoms with Gasteiger partial charge in [-0.15, -0.1) is 10.2 Å². The van der Waals surface area contributed by atoms with E-state index < -0.39 is 0 Å². The molecule has 3 aromatic rings. The number of hydrogen-bond acceptors (Lipinski definition) is 8. The Kier molecular flexibility index (Phi) is 10.5. The second kappa shape index (κ2) is 12.8. The van der Waals surface area contributed by atoms with E-state index in [0.29, 0.717) is 33.9 Å². The number of rotatable bonds is 6. The van der Waals surface area contributed by atoms with Crippen molar-refractivity contribution in [3.63, 3.8) is 0 Å². The zero-order valence-corrected chi connectivity index (χ0v) is 18.2. The normalized spacial score (nSPS) is 12.6. The number of nitrogens with zero attached hydrogens (tertiary/aromatic N) is 7. The Morgan fingerprint density at radius 2 is 1.03 bits per heavy atom. The average molecular weight is 484 g/mol. The van der Waals surface area contributed by atoms with Gasteiger partial charge in [-0.25, -0.2) is 4.98 Å². The van der Waals surface area contributed by atoms with E-state index in [2.05, 4.69) is 35.4 Å². The molecular formula is C21H22CuN7O3+3. The van der Waals surface area contributed by atoms with E-state index in [-0.39, 0.29) is 34.3 Å². The molecule has 0 aromatic carbocycles. The molecule has 0 amide bonds. The van der Waals surface area contributed by atoms with Crippen molar-refractivity contribution in [2.24, 2.45) is 20.4 Å². The van der Waals surface area contributed by atoms with E-state index in [1.165, 1.54) is 0 Å². The largest absolute Gasteiger partial charge is 2.00 e. The molecule has 11 heteroatoms. The van der Waals surface area contributed by atoms with Gasteiger partial charge < -0.3 is 15.7 Å². The third-order valence-electron chi connectivity index (χ3n) is 4.00. The number of aromatic nitrogens is 3. The first kappa shape index (κ1) is 26.2. The van der Waals surface area contributed by atoms with Crippen molar-refractivity contribution >= 4 is 23.2 Å². The Morgan fingerprint density at radius 3 is 1.41 bits per heavy atom. The maximum absolute atomic E-state index is 7.98. The molecule has 0 unspecified atom stereocenters. The molecule has 0 aliphatic carbocycles. The molecule has 32 heavy (non-hydrogen) atoms. The molecule has 10 nitrogen and oxygen atoms in total. The van der Waals surface area contributed by atoms with Gasteiger partial charge in [-0.1, -0.05) is 16.3 Å². The van der Waals surface area contributed by atoms with Gasteiger partial charge in [0.25, 0.3) is 0 Å². The maximum Gasteiger partial charge on any atom is 2.00 e. The fraction of sp³-hybridized carbons (Fsp3) is 0.0952. The van der Waals surface area contributed by atoms with E-state index >= 15 is 0 Å². The zero-order chi connectivity index (χ0) is 21.3. The minimum atomic E-state index is 0. The zero-order valence-electron chi connectivity index (χ0n) is 17.2. The summed E-state index contributed by atoms with van der Waals surface area (Å²) in [7, 11) is 0. The minimum Gasteiger partial charge on any atom is -0.870 e. The van der Waals surface area contributed by atoms with Crippen LogP contribution in [-0.2, 0) is 17.1 Å². The minimum absolute atomic E-state index is 0. The third kappa shape index (κ3) is 7.17. The van der Waals surface area contributed by atoms with E-state index in [1.807, 2.05) is 6.07 Å². The predicted octanol–water partition coefficient (Wildman–Crippen LogP) is 1.48. The van der Waals surface area contributed by atoms with Crippen LogP contribution in [0.4, 0.5) is 0 Å². The molecule has 5 N–H and O–H groups in total. The van der Waals surface area contributed by atoms with Crippen molar-refractivity contribution in [2.45, 2.75) is 13.8 Å². The first-order valence-corrected chi connectivity index (χ1v) is 9.01. The fourth-order valence-electron chi connectivity index (χ4n) is 2.33. The Bertz CT molecular complexity index is 1050. The first-order chi connectivity index (χ1) is 14.5. The van der Waals surface area contributed by atoms with Crippen LogP contribution in [0, 0.1) is 0 Å². The molecule has 167 valence electrons. The molecule has 0 fully saturated rings. The molecule has 0 atom stereocenters.